The largest absolute Gasteiger partial charge is 0.494 e. The van der Waals surface area contributed by atoms with Crippen LogP contribution in [0.5, 0.6) is 11.8 Å². The van der Waals surface area contributed by atoms with Crippen LogP contribution >= 0.6 is 0 Å². The normalized spacial score (nSPS) is 17.1. The van der Waals surface area contributed by atoms with Gasteiger partial charge in [0.05, 0.1) is 13.2 Å². The number of nitrogens with one attached hydrogen (secondary N) is 1. The van der Waals surface area contributed by atoms with E-state index in [9.17, 15) is 4.39 Å². The number of aromatic nitrogens is 3. The quantitative estimate of drug-likeness (QED) is 0.400. The highest BCUT2D eigenvalue weighted by molar-refractivity contribution is 5.61. The number of methoxy groups -OCH3 is 1. The Hall–Kier alpha value is -3.50. The van der Waals surface area contributed by atoms with Gasteiger partial charge in [0.15, 0.2) is 11.6 Å². The molecule has 0 spiro atoms. The summed E-state index contributed by atoms with van der Waals surface area (Å²) in [6, 6.07) is 14.6. The summed E-state index contributed by atoms with van der Waals surface area (Å²) in [4.78, 5) is 15.1. The van der Waals surface area contributed by atoms with Crippen molar-refractivity contribution in [3.05, 3.63) is 59.9 Å². The van der Waals surface area contributed by atoms with E-state index in [0.29, 0.717) is 5.69 Å². The molecule has 1 aliphatic rings. The number of benzene rings is 2. The van der Waals surface area contributed by atoms with Gasteiger partial charge in [-0.15, -0.1) is 0 Å². The first-order chi connectivity index (χ1) is 17.0. The number of ether oxygens (including phenoxy) is 2. The summed E-state index contributed by atoms with van der Waals surface area (Å²) < 4.78 is 25.9. The summed E-state index contributed by atoms with van der Waals surface area (Å²) in [6.07, 6.45) is 2.36. The highest BCUT2D eigenvalue weighted by Crippen LogP contribution is 2.34. The number of rotatable bonds is 10. The molecule has 5 N–H and O–H groups in total. The maximum Gasteiger partial charge on any atom is 0.323 e. The molecule has 9 nitrogen and oxygen atoms in total. The molecule has 1 saturated heterocycles. The Bertz CT molecular complexity index is 1110. The van der Waals surface area contributed by atoms with Crippen molar-refractivity contribution >= 4 is 17.6 Å². The van der Waals surface area contributed by atoms with Gasteiger partial charge >= 0.3 is 6.01 Å². The van der Waals surface area contributed by atoms with Crippen LogP contribution in [-0.2, 0) is 0 Å². The van der Waals surface area contributed by atoms with Crippen molar-refractivity contribution in [3.8, 4) is 11.8 Å². The van der Waals surface area contributed by atoms with Crippen molar-refractivity contribution in [1.82, 2.24) is 20.3 Å². The molecular weight excluding hydrogens is 449 g/mol. The highest BCUT2D eigenvalue weighted by Gasteiger charge is 2.32. The van der Waals surface area contributed by atoms with Gasteiger partial charge in [-0.1, -0.05) is 37.3 Å². The lowest BCUT2D eigenvalue weighted by atomic mass is 10.0. The van der Waals surface area contributed by atoms with Crippen molar-refractivity contribution in [1.29, 1.82) is 0 Å². The molecule has 3 aromatic rings. The molecule has 2 heterocycles. The highest BCUT2D eigenvalue weighted by atomic mass is 19.1. The minimum Gasteiger partial charge on any atom is -0.494 e. The summed E-state index contributed by atoms with van der Waals surface area (Å²) in [6.45, 7) is 3.23. The predicted octanol–water partition coefficient (Wildman–Crippen LogP) is 3.35. The topological polar surface area (TPSA) is 124 Å². The number of nitrogens with zero attached hydrogens (tertiary/aromatic N) is 4. The van der Waals surface area contributed by atoms with Crippen LogP contribution in [0.2, 0.25) is 0 Å². The molecule has 0 aliphatic carbocycles. The number of nitrogen functional groups attached to an aromatic ring is 1. The zero-order chi connectivity index (χ0) is 24.8. The van der Waals surface area contributed by atoms with E-state index in [4.69, 9.17) is 20.9 Å². The number of halogens is 1. The second-order valence-electron chi connectivity index (χ2n) is 8.40. The number of nitrogens with two attached hydrogens (primary N) is 2. The van der Waals surface area contributed by atoms with Gasteiger partial charge in [0.2, 0.25) is 11.9 Å². The lowest BCUT2D eigenvalue weighted by Crippen LogP contribution is -2.46. The molecule has 1 aliphatic heterocycles. The van der Waals surface area contributed by atoms with Crippen LogP contribution in [0.15, 0.2) is 48.5 Å². The Balaban J connectivity index is 1.75. The van der Waals surface area contributed by atoms with E-state index in [1.165, 1.54) is 13.2 Å². The summed E-state index contributed by atoms with van der Waals surface area (Å²) in [7, 11) is 1.43. The molecule has 186 valence electrons. The van der Waals surface area contributed by atoms with E-state index in [1.54, 1.807) is 12.1 Å². The van der Waals surface area contributed by atoms with Crippen molar-refractivity contribution < 1.29 is 13.9 Å². The maximum atomic E-state index is 14.8. The van der Waals surface area contributed by atoms with Crippen molar-refractivity contribution in [2.75, 3.05) is 30.8 Å². The number of hydrogen-bond acceptors (Lipinski definition) is 9. The van der Waals surface area contributed by atoms with E-state index in [1.807, 2.05) is 35.2 Å². The van der Waals surface area contributed by atoms with E-state index in [2.05, 4.69) is 27.2 Å². The standard InChI is InChI=1S/C25H32FN7O2/c1-3-20(19-10-7-13-29-19)33(17-11-12-21(34-2)18(26)14-17)24-30-23(28)31-25(32-24)35-22(15-27)16-8-5-4-6-9-16/h4-6,8-9,11-12,14,19-20,22,29H,3,7,10,13,15,27H2,1-2H3,(H2,28,30,31,32). The molecule has 0 saturated carbocycles. The fourth-order valence-corrected chi connectivity index (χ4v) is 4.52. The first-order valence-electron chi connectivity index (χ1n) is 11.8. The average molecular weight is 482 g/mol. The van der Waals surface area contributed by atoms with Crippen molar-refractivity contribution in [2.45, 2.75) is 44.4 Å². The van der Waals surface area contributed by atoms with Gasteiger partial charge in [0.1, 0.15) is 6.10 Å². The SMILES string of the molecule is CCC(C1CCCN1)N(c1ccc(OC)c(F)c1)c1nc(N)nc(OC(CN)c2ccccc2)n1. The Labute approximate surface area is 204 Å². The van der Waals surface area contributed by atoms with Gasteiger partial charge in [-0.05, 0) is 43.5 Å². The third-order valence-corrected chi connectivity index (χ3v) is 6.20. The molecule has 4 rings (SSSR count). The Morgan fingerprint density at radius 1 is 1.17 bits per heavy atom. The lowest BCUT2D eigenvalue weighted by molar-refractivity contribution is 0.195. The van der Waals surface area contributed by atoms with Gasteiger partial charge in [-0.2, -0.15) is 15.0 Å². The lowest BCUT2D eigenvalue weighted by Gasteiger charge is -2.35. The third-order valence-electron chi connectivity index (χ3n) is 6.20. The zero-order valence-electron chi connectivity index (χ0n) is 20.0. The van der Waals surface area contributed by atoms with Gasteiger partial charge in [0.25, 0.3) is 0 Å². The van der Waals surface area contributed by atoms with Crippen LogP contribution in [0, 0.1) is 5.82 Å². The van der Waals surface area contributed by atoms with Crippen LogP contribution in [0.1, 0.15) is 37.9 Å². The van der Waals surface area contributed by atoms with E-state index in [0.717, 1.165) is 31.4 Å². The first-order valence-corrected chi connectivity index (χ1v) is 11.8. The number of anilines is 3. The van der Waals surface area contributed by atoms with E-state index >= 15 is 0 Å². The van der Waals surface area contributed by atoms with Crippen LogP contribution in [0.25, 0.3) is 0 Å². The van der Waals surface area contributed by atoms with Crippen LogP contribution in [0.3, 0.4) is 0 Å². The van der Waals surface area contributed by atoms with Crippen LogP contribution < -0.4 is 31.2 Å². The van der Waals surface area contributed by atoms with E-state index in [-0.39, 0.29) is 42.3 Å². The molecule has 35 heavy (non-hydrogen) atoms. The molecule has 0 amide bonds. The average Bonchev–Trinajstić information content (AvgIpc) is 3.40. The molecule has 2 aromatic carbocycles. The molecule has 0 bridgehead atoms. The molecule has 0 radical (unpaired) electrons. The molecule has 3 atom stereocenters. The Kier molecular flexibility index (Phi) is 7.94. The maximum absolute atomic E-state index is 14.8. The van der Waals surface area contributed by atoms with Gasteiger partial charge < -0.3 is 31.2 Å². The number of hydrogen-bond donors (Lipinski definition) is 3. The van der Waals surface area contributed by atoms with Gasteiger partial charge in [-0.25, -0.2) is 4.39 Å². The minimum absolute atomic E-state index is 0.00190. The Morgan fingerprint density at radius 2 is 1.97 bits per heavy atom. The second kappa shape index (κ2) is 11.3. The van der Waals surface area contributed by atoms with Crippen LogP contribution in [0.4, 0.5) is 22.0 Å². The fourth-order valence-electron chi connectivity index (χ4n) is 4.52. The van der Waals surface area contributed by atoms with Crippen molar-refractivity contribution in [2.24, 2.45) is 5.73 Å². The van der Waals surface area contributed by atoms with Gasteiger partial charge in [0, 0.05) is 24.3 Å². The summed E-state index contributed by atoms with van der Waals surface area (Å²) in [5.41, 5.74) is 13.5. The second-order valence-corrected chi connectivity index (χ2v) is 8.40. The molecule has 1 aromatic heterocycles. The molecule has 10 heteroatoms. The molecular formula is C25H32FN7O2. The monoisotopic (exact) mass is 481 g/mol. The summed E-state index contributed by atoms with van der Waals surface area (Å²) >= 11 is 0. The van der Waals surface area contributed by atoms with Gasteiger partial charge in [-0.3, -0.25) is 0 Å². The summed E-state index contributed by atoms with van der Waals surface area (Å²) in [5.74, 6) is -0.0351. The van der Waals surface area contributed by atoms with Crippen molar-refractivity contribution in [3.63, 3.8) is 0 Å². The minimum atomic E-state index is -0.477. The first kappa shape index (κ1) is 24.6. The zero-order valence-corrected chi connectivity index (χ0v) is 20.0. The van der Waals surface area contributed by atoms with Crippen LogP contribution in [-0.4, -0.2) is 47.2 Å². The van der Waals surface area contributed by atoms with E-state index < -0.39 is 11.9 Å². The molecule has 3 unspecified atom stereocenters. The summed E-state index contributed by atoms with van der Waals surface area (Å²) in [5, 5.41) is 3.55. The third kappa shape index (κ3) is 5.60. The smallest absolute Gasteiger partial charge is 0.323 e. The predicted molar refractivity (Wildman–Crippen MR) is 133 cm³/mol. The Morgan fingerprint density at radius 3 is 2.60 bits per heavy atom. The fraction of sp³-hybridized carbons (Fsp3) is 0.400. The molecule has 1 fully saturated rings.